The summed E-state index contributed by atoms with van der Waals surface area (Å²) in [6.45, 7) is 0. The van der Waals surface area contributed by atoms with Crippen LogP contribution in [-0.4, -0.2) is 24.0 Å². The quantitative estimate of drug-likeness (QED) is 0.720. The Morgan fingerprint density at radius 1 is 0.905 bits per heavy atom. The lowest BCUT2D eigenvalue weighted by molar-refractivity contribution is -0.127. The summed E-state index contributed by atoms with van der Waals surface area (Å²) < 4.78 is 0. The third-order valence-electron chi connectivity index (χ3n) is 5.59. The van der Waals surface area contributed by atoms with Crippen molar-refractivity contribution >= 4 is 30.7 Å². The monoisotopic (exact) mass is 337 g/mol. The SMILES string of the molecule is Cl.Cl.NC1CC2CCCC(C1)C2NC(=O)C1CCCC1N. The molecule has 0 saturated heterocycles. The maximum absolute atomic E-state index is 12.4. The third-order valence-corrected chi connectivity index (χ3v) is 5.59. The zero-order valence-electron chi connectivity index (χ0n) is 12.5. The molecule has 4 nitrogen and oxygen atoms in total. The molecule has 0 aromatic carbocycles. The maximum Gasteiger partial charge on any atom is 0.224 e. The van der Waals surface area contributed by atoms with Crippen molar-refractivity contribution in [1.29, 1.82) is 0 Å². The summed E-state index contributed by atoms with van der Waals surface area (Å²) >= 11 is 0. The van der Waals surface area contributed by atoms with Crippen molar-refractivity contribution in [1.82, 2.24) is 5.32 Å². The van der Waals surface area contributed by atoms with Crippen LogP contribution in [0.25, 0.3) is 0 Å². The smallest absolute Gasteiger partial charge is 0.224 e. The van der Waals surface area contributed by atoms with Crippen LogP contribution in [-0.2, 0) is 4.79 Å². The molecule has 0 radical (unpaired) electrons. The molecule has 1 amide bonds. The van der Waals surface area contributed by atoms with Gasteiger partial charge in [0.05, 0.1) is 5.92 Å². The van der Waals surface area contributed by atoms with E-state index in [2.05, 4.69) is 5.32 Å². The van der Waals surface area contributed by atoms with E-state index in [0.29, 0.717) is 23.9 Å². The molecule has 3 rings (SSSR count). The molecule has 0 spiro atoms. The summed E-state index contributed by atoms with van der Waals surface area (Å²) in [7, 11) is 0. The minimum atomic E-state index is 0. The number of carbonyl (C=O) groups excluding carboxylic acids is 1. The highest BCUT2D eigenvalue weighted by Gasteiger charge is 2.41. The van der Waals surface area contributed by atoms with Gasteiger partial charge in [0.25, 0.3) is 0 Å². The summed E-state index contributed by atoms with van der Waals surface area (Å²) in [6, 6.07) is 0.789. The molecule has 5 N–H and O–H groups in total. The van der Waals surface area contributed by atoms with Gasteiger partial charge in [-0.3, -0.25) is 4.79 Å². The number of nitrogens with two attached hydrogens (primary N) is 2. The lowest BCUT2D eigenvalue weighted by atomic mass is 9.67. The van der Waals surface area contributed by atoms with Crippen LogP contribution in [0.2, 0.25) is 0 Å². The summed E-state index contributed by atoms with van der Waals surface area (Å²) in [4.78, 5) is 12.4. The zero-order valence-corrected chi connectivity index (χ0v) is 14.1. The fourth-order valence-electron chi connectivity index (χ4n) is 4.61. The number of fused-ring (bicyclic) bond motifs is 2. The highest BCUT2D eigenvalue weighted by atomic mass is 35.5. The van der Waals surface area contributed by atoms with Crippen LogP contribution in [0.15, 0.2) is 0 Å². The molecule has 6 heteroatoms. The molecule has 21 heavy (non-hydrogen) atoms. The molecule has 0 aromatic rings. The summed E-state index contributed by atoms with van der Waals surface area (Å²) in [6.07, 6.45) is 8.99. The largest absolute Gasteiger partial charge is 0.353 e. The highest BCUT2D eigenvalue weighted by Crippen LogP contribution is 2.40. The van der Waals surface area contributed by atoms with Crippen molar-refractivity contribution in [3.63, 3.8) is 0 Å². The first kappa shape index (κ1) is 19.0. The standard InChI is InChI=1S/C15H27N3O.2ClH/c16-11-7-9-3-1-4-10(8-11)14(9)18-15(19)12-5-2-6-13(12)17;;/h9-14H,1-8,16-17H2,(H,18,19);2*1H. The average molecular weight is 338 g/mol. The summed E-state index contributed by atoms with van der Waals surface area (Å²) in [5.41, 5.74) is 12.2. The molecule has 0 aliphatic heterocycles. The van der Waals surface area contributed by atoms with Crippen LogP contribution in [0.4, 0.5) is 0 Å². The van der Waals surface area contributed by atoms with E-state index in [1.54, 1.807) is 0 Å². The van der Waals surface area contributed by atoms with E-state index in [9.17, 15) is 4.79 Å². The van der Waals surface area contributed by atoms with Gasteiger partial charge in [0.15, 0.2) is 0 Å². The Bertz CT molecular complexity index is 342. The fraction of sp³-hybridized carbons (Fsp3) is 0.933. The number of hydrogen-bond acceptors (Lipinski definition) is 3. The second-order valence-electron chi connectivity index (χ2n) is 6.92. The van der Waals surface area contributed by atoms with E-state index in [0.717, 1.165) is 32.1 Å². The lowest BCUT2D eigenvalue weighted by Gasteiger charge is -2.45. The molecule has 4 atom stereocenters. The van der Waals surface area contributed by atoms with E-state index in [-0.39, 0.29) is 42.7 Å². The van der Waals surface area contributed by atoms with E-state index < -0.39 is 0 Å². The molecular weight excluding hydrogens is 309 g/mol. The molecule has 4 unspecified atom stereocenters. The predicted octanol–water partition coefficient (Wildman–Crippen LogP) is 1.98. The van der Waals surface area contributed by atoms with Gasteiger partial charge < -0.3 is 16.8 Å². The van der Waals surface area contributed by atoms with Crippen LogP contribution < -0.4 is 16.8 Å². The zero-order chi connectivity index (χ0) is 13.4. The number of halogens is 2. The number of nitrogens with one attached hydrogen (secondary N) is 1. The van der Waals surface area contributed by atoms with Crippen LogP contribution in [0.1, 0.15) is 51.4 Å². The lowest BCUT2D eigenvalue weighted by Crippen LogP contribution is -2.55. The normalized spacial score (nSPS) is 41.6. The van der Waals surface area contributed by atoms with Gasteiger partial charge in [0.1, 0.15) is 0 Å². The fourth-order valence-corrected chi connectivity index (χ4v) is 4.61. The third kappa shape index (κ3) is 4.04. The number of carbonyl (C=O) groups is 1. The van der Waals surface area contributed by atoms with Gasteiger partial charge in [0, 0.05) is 18.1 Å². The van der Waals surface area contributed by atoms with E-state index in [1.165, 1.54) is 19.3 Å². The molecule has 2 bridgehead atoms. The first-order valence-electron chi connectivity index (χ1n) is 7.96. The van der Waals surface area contributed by atoms with Gasteiger partial charge in [-0.2, -0.15) is 0 Å². The molecular formula is C15H29Cl2N3O. The molecule has 0 heterocycles. The predicted molar refractivity (Wildman–Crippen MR) is 89.8 cm³/mol. The minimum Gasteiger partial charge on any atom is -0.353 e. The Hall–Kier alpha value is -0.0300. The summed E-state index contributed by atoms with van der Waals surface area (Å²) in [5, 5.41) is 3.34. The van der Waals surface area contributed by atoms with Crippen molar-refractivity contribution < 1.29 is 4.79 Å². The Morgan fingerprint density at radius 2 is 1.48 bits per heavy atom. The molecule has 3 aliphatic rings. The summed E-state index contributed by atoms with van der Waals surface area (Å²) in [5.74, 6) is 1.46. The van der Waals surface area contributed by atoms with Gasteiger partial charge in [-0.05, 0) is 50.4 Å². The van der Waals surface area contributed by atoms with Gasteiger partial charge in [0.2, 0.25) is 5.91 Å². The minimum absolute atomic E-state index is 0. The highest BCUT2D eigenvalue weighted by molar-refractivity contribution is 5.85. The Balaban J connectivity index is 0.00000110. The van der Waals surface area contributed by atoms with Crippen molar-refractivity contribution in [3.05, 3.63) is 0 Å². The van der Waals surface area contributed by atoms with Gasteiger partial charge in [-0.25, -0.2) is 0 Å². The van der Waals surface area contributed by atoms with Crippen LogP contribution >= 0.6 is 24.8 Å². The first-order valence-corrected chi connectivity index (χ1v) is 7.96. The number of amides is 1. The molecule has 3 fully saturated rings. The second kappa shape index (κ2) is 8.00. The Kier molecular flexibility index (Phi) is 7.25. The topological polar surface area (TPSA) is 81.1 Å². The number of hydrogen-bond donors (Lipinski definition) is 3. The van der Waals surface area contributed by atoms with Crippen molar-refractivity contribution in [3.8, 4) is 0 Å². The van der Waals surface area contributed by atoms with Gasteiger partial charge in [-0.15, -0.1) is 24.8 Å². The van der Waals surface area contributed by atoms with Crippen LogP contribution in [0, 0.1) is 17.8 Å². The Labute approximate surface area is 140 Å². The van der Waals surface area contributed by atoms with Crippen LogP contribution in [0.3, 0.4) is 0 Å². The molecule has 124 valence electrons. The number of rotatable bonds is 2. The molecule has 3 aliphatic carbocycles. The average Bonchev–Trinajstić information content (AvgIpc) is 2.76. The van der Waals surface area contributed by atoms with E-state index in [1.807, 2.05) is 0 Å². The second-order valence-corrected chi connectivity index (χ2v) is 6.92. The van der Waals surface area contributed by atoms with Gasteiger partial charge in [-0.1, -0.05) is 12.8 Å². The van der Waals surface area contributed by atoms with Crippen molar-refractivity contribution in [2.24, 2.45) is 29.2 Å². The van der Waals surface area contributed by atoms with E-state index >= 15 is 0 Å². The van der Waals surface area contributed by atoms with Crippen molar-refractivity contribution in [2.75, 3.05) is 0 Å². The molecule has 0 aromatic heterocycles. The van der Waals surface area contributed by atoms with Crippen molar-refractivity contribution in [2.45, 2.75) is 69.5 Å². The van der Waals surface area contributed by atoms with Gasteiger partial charge >= 0.3 is 0 Å². The maximum atomic E-state index is 12.4. The van der Waals surface area contributed by atoms with E-state index in [4.69, 9.17) is 11.5 Å². The molecule has 3 saturated carbocycles. The van der Waals surface area contributed by atoms with Crippen LogP contribution in [0.5, 0.6) is 0 Å². The first-order chi connectivity index (χ1) is 9.15. The Morgan fingerprint density at radius 3 is 2.00 bits per heavy atom.